The summed E-state index contributed by atoms with van der Waals surface area (Å²) >= 11 is 11.9. The number of carbonyl (C=O) groups is 2. The Morgan fingerprint density at radius 1 is 0.607 bits per heavy atom. The van der Waals surface area contributed by atoms with Crippen LogP contribution >= 0.6 is 23.2 Å². The van der Waals surface area contributed by atoms with Crippen molar-refractivity contribution in [3.05, 3.63) is 94.0 Å². The lowest BCUT2D eigenvalue weighted by atomic mass is 10.1. The minimum Gasteiger partial charge on any atom is -0.338 e. The van der Waals surface area contributed by atoms with Crippen molar-refractivity contribution in [3.8, 4) is 0 Å². The van der Waals surface area contributed by atoms with Gasteiger partial charge in [0, 0.05) is 0 Å². The Bertz CT molecular complexity index is 913. The van der Waals surface area contributed by atoms with Crippen LogP contribution in [0, 0.1) is 0 Å². The number of benzene rings is 3. The van der Waals surface area contributed by atoms with Gasteiger partial charge in [0.2, 0.25) is 0 Å². The predicted octanol–water partition coefficient (Wildman–Crippen LogP) is 5.36. The first-order valence-electron chi connectivity index (χ1n) is 8.08. The summed E-state index contributed by atoms with van der Waals surface area (Å²) in [6.45, 7) is 0. The maximum atomic E-state index is 12.1. The third-order valence-corrected chi connectivity index (χ3v) is 4.27. The van der Waals surface area contributed by atoms with Gasteiger partial charge in [-0.15, -0.1) is 0 Å². The zero-order valence-electron chi connectivity index (χ0n) is 14.3. The van der Waals surface area contributed by atoms with Crippen molar-refractivity contribution in [1.29, 1.82) is 0 Å². The molecule has 0 fully saturated rings. The highest BCUT2D eigenvalue weighted by Gasteiger charge is 2.12. The van der Waals surface area contributed by atoms with E-state index >= 15 is 0 Å². The van der Waals surface area contributed by atoms with E-state index in [1.165, 1.54) is 24.3 Å². The van der Waals surface area contributed by atoms with Gasteiger partial charge < -0.3 is 9.68 Å². The van der Waals surface area contributed by atoms with Gasteiger partial charge in [-0.2, -0.15) is 0 Å². The molecule has 0 aromatic heterocycles. The van der Waals surface area contributed by atoms with Crippen LogP contribution in [0.5, 0.6) is 0 Å². The van der Waals surface area contributed by atoms with E-state index in [0.29, 0.717) is 21.4 Å². The molecule has 0 bridgehead atoms. The van der Waals surface area contributed by atoms with Gasteiger partial charge in [-0.25, -0.2) is 20.5 Å². The highest BCUT2D eigenvalue weighted by atomic mass is 35.5. The molecule has 0 atom stereocenters. The van der Waals surface area contributed by atoms with Gasteiger partial charge in [0.15, 0.2) is 0 Å². The average molecular weight is 417 g/mol. The highest BCUT2D eigenvalue weighted by molar-refractivity contribution is 6.33. The van der Waals surface area contributed by atoms with Crippen molar-refractivity contribution in [3.63, 3.8) is 0 Å². The first-order valence-corrected chi connectivity index (χ1v) is 8.83. The van der Waals surface area contributed by atoms with Crippen LogP contribution in [0.1, 0.15) is 20.7 Å². The summed E-state index contributed by atoms with van der Waals surface area (Å²) in [5.41, 5.74) is 6.41. The van der Waals surface area contributed by atoms with Crippen LogP contribution in [0.3, 0.4) is 0 Å². The van der Waals surface area contributed by atoms with Gasteiger partial charge in [0.05, 0.1) is 32.5 Å². The molecule has 0 aliphatic rings. The molecule has 3 aromatic carbocycles. The second-order valence-corrected chi connectivity index (χ2v) is 6.33. The Balaban J connectivity index is 1.56. The lowest BCUT2D eigenvalue weighted by molar-refractivity contribution is 0.0582. The minimum atomic E-state index is -0.631. The Morgan fingerprint density at radius 3 is 1.32 bits per heavy atom. The second kappa shape index (κ2) is 9.12. The number of para-hydroxylation sites is 2. The SMILES string of the molecule is O=C(ONc1ccccc1Cl)c1ccc(C(=O)ONc2ccccc2Cl)cc1. The molecule has 0 aliphatic carbocycles. The van der Waals surface area contributed by atoms with Crippen LogP contribution in [0.15, 0.2) is 72.8 Å². The highest BCUT2D eigenvalue weighted by Crippen LogP contribution is 2.21. The number of anilines is 2. The Kier molecular flexibility index (Phi) is 6.37. The van der Waals surface area contributed by atoms with E-state index in [0.717, 1.165) is 0 Å². The average Bonchev–Trinajstić information content (AvgIpc) is 2.72. The Labute approximate surface area is 170 Å². The molecule has 6 nitrogen and oxygen atoms in total. The van der Waals surface area contributed by atoms with Crippen molar-refractivity contribution in [2.45, 2.75) is 0 Å². The van der Waals surface area contributed by atoms with Gasteiger partial charge in [-0.3, -0.25) is 0 Å². The topological polar surface area (TPSA) is 76.7 Å². The van der Waals surface area contributed by atoms with Gasteiger partial charge in [0.25, 0.3) is 0 Å². The van der Waals surface area contributed by atoms with Gasteiger partial charge >= 0.3 is 11.9 Å². The quantitative estimate of drug-likeness (QED) is 0.526. The molecule has 0 unspecified atom stereocenters. The van der Waals surface area contributed by atoms with E-state index in [9.17, 15) is 9.59 Å². The smallest absolute Gasteiger partial charge is 0.338 e. The van der Waals surface area contributed by atoms with E-state index in [-0.39, 0.29) is 11.1 Å². The summed E-state index contributed by atoms with van der Waals surface area (Å²) < 4.78 is 0. The van der Waals surface area contributed by atoms with Crippen molar-refractivity contribution in [1.82, 2.24) is 0 Å². The van der Waals surface area contributed by atoms with Gasteiger partial charge in [0.1, 0.15) is 0 Å². The summed E-state index contributed by atoms with van der Waals surface area (Å²) in [5.74, 6) is -1.26. The zero-order chi connectivity index (χ0) is 19.9. The molecule has 0 spiro atoms. The number of rotatable bonds is 6. The molecule has 0 radical (unpaired) electrons. The normalized spacial score (nSPS) is 10.1. The fraction of sp³-hybridized carbons (Fsp3) is 0. The van der Waals surface area contributed by atoms with E-state index < -0.39 is 11.9 Å². The van der Waals surface area contributed by atoms with Crippen molar-refractivity contribution in [2.75, 3.05) is 11.0 Å². The largest absolute Gasteiger partial charge is 0.362 e. The van der Waals surface area contributed by atoms with Crippen LogP contribution < -0.4 is 11.0 Å². The zero-order valence-corrected chi connectivity index (χ0v) is 15.8. The summed E-state index contributed by atoms with van der Waals surface area (Å²) in [6, 6.07) is 19.5. The molecule has 0 aliphatic heterocycles. The van der Waals surface area contributed by atoms with Gasteiger partial charge in [-0.05, 0) is 48.5 Å². The van der Waals surface area contributed by atoms with Crippen LogP contribution in [0.4, 0.5) is 11.4 Å². The van der Waals surface area contributed by atoms with Gasteiger partial charge in [-0.1, -0.05) is 47.5 Å². The van der Waals surface area contributed by atoms with Crippen molar-refractivity contribution < 1.29 is 19.3 Å². The van der Waals surface area contributed by atoms with Crippen LogP contribution in [0.2, 0.25) is 10.0 Å². The molecule has 3 aromatic rings. The molecule has 8 heteroatoms. The molecule has 3 rings (SSSR count). The number of halogens is 2. The Morgan fingerprint density at radius 2 is 0.964 bits per heavy atom. The third kappa shape index (κ3) is 4.94. The summed E-state index contributed by atoms with van der Waals surface area (Å²) in [7, 11) is 0. The van der Waals surface area contributed by atoms with E-state index in [1.807, 2.05) is 0 Å². The van der Waals surface area contributed by atoms with Crippen molar-refractivity contribution >= 4 is 46.5 Å². The summed E-state index contributed by atoms with van der Waals surface area (Å²) in [5, 5.41) is 0.832. The first kappa shape index (κ1) is 19.5. The molecular weight excluding hydrogens is 403 g/mol. The maximum absolute atomic E-state index is 12.1. The van der Waals surface area contributed by atoms with Crippen LogP contribution in [-0.2, 0) is 9.68 Å². The van der Waals surface area contributed by atoms with E-state index in [1.54, 1.807) is 48.5 Å². The number of hydrogen-bond acceptors (Lipinski definition) is 6. The first-order chi connectivity index (χ1) is 13.5. The maximum Gasteiger partial charge on any atom is 0.362 e. The summed E-state index contributed by atoms with van der Waals surface area (Å²) in [4.78, 5) is 34.2. The number of nitrogens with one attached hydrogen (secondary N) is 2. The molecule has 0 heterocycles. The number of hydrogen-bond donors (Lipinski definition) is 2. The predicted molar refractivity (Wildman–Crippen MR) is 107 cm³/mol. The molecule has 2 N–H and O–H groups in total. The molecule has 0 saturated carbocycles. The minimum absolute atomic E-state index is 0.246. The molecule has 28 heavy (non-hydrogen) atoms. The summed E-state index contributed by atoms with van der Waals surface area (Å²) in [6.07, 6.45) is 0. The fourth-order valence-corrected chi connectivity index (χ4v) is 2.50. The van der Waals surface area contributed by atoms with Crippen LogP contribution in [-0.4, -0.2) is 11.9 Å². The third-order valence-electron chi connectivity index (χ3n) is 3.61. The molecule has 0 amide bonds. The fourth-order valence-electron chi connectivity index (χ4n) is 2.15. The van der Waals surface area contributed by atoms with Crippen LogP contribution in [0.25, 0.3) is 0 Å². The lowest BCUT2D eigenvalue weighted by Crippen LogP contribution is -2.13. The Hall–Kier alpha value is -3.22. The molecule has 0 saturated heterocycles. The second-order valence-electron chi connectivity index (χ2n) is 5.52. The molecule has 142 valence electrons. The van der Waals surface area contributed by atoms with E-state index in [2.05, 4.69) is 11.0 Å². The standard InChI is InChI=1S/C20H14Cl2N2O4/c21-15-5-1-3-7-17(15)23-27-19(25)13-9-11-14(12-10-13)20(26)28-24-18-8-4-2-6-16(18)22/h1-12,23-24H. The monoisotopic (exact) mass is 416 g/mol. The van der Waals surface area contributed by atoms with E-state index in [4.69, 9.17) is 32.9 Å². The molecular formula is C20H14Cl2N2O4. The van der Waals surface area contributed by atoms with Crippen molar-refractivity contribution in [2.24, 2.45) is 0 Å². The lowest BCUT2D eigenvalue weighted by Gasteiger charge is -2.09. The number of carbonyl (C=O) groups excluding carboxylic acids is 2.